The highest BCUT2D eigenvalue weighted by molar-refractivity contribution is 5.92. The lowest BCUT2D eigenvalue weighted by Crippen LogP contribution is -2.07. The first-order valence-electron chi connectivity index (χ1n) is 8.18. The van der Waals surface area contributed by atoms with E-state index in [-0.39, 0.29) is 11.8 Å². The van der Waals surface area contributed by atoms with Crippen LogP contribution < -0.4 is 10.2 Å². The van der Waals surface area contributed by atoms with E-state index in [0.29, 0.717) is 36.0 Å². The third-order valence-corrected chi connectivity index (χ3v) is 4.05. The Kier molecular flexibility index (Phi) is 4.97. The van der Waals surface area contributed by atoms with Crippen molar-refractivity contribution < 1.29 is 17.9 Å². The molecule has 25 heavy (non-hydrogen) atoms. The highest BCUT2D eigenvalue weighted by Crippen LogP contribution is 2.23. The summed E-state index contributed by atoms with van der Waals surface area (Å²) in [5.41, 5.74) is 1.43. The van der Waals surface area contributed by atoms with E-state index in [9.17, 15) is 18.0 Å². The van der Waals surface area contributed by atoms with Crippen LogP contribution in [0, 0.1) is 0 Å². The van der Waals surface area contributed by atoms with Crippen LogP contribution in [0.3, 0.4) is 0 Å². The van der Waals surface area contributed by atoms with Crippen molar-refractivity contribution in [3.05, 3.63) is 52.7 Å². The van der Waals surface area contributed by atoms with Crippen LogP contribution in [-0.4, -0.2) is 17.8 Å². The lowest BCUT2D eigenvalue weighted by molar-refractivity contribution is -0.135. The molecule has 0 fully saturated rings. The average Bonchev–Trinajstić information content (AvgIpc) is 2.58. The summed E-state index contributed by atoms with van der Waals surface area (Å²) in [4.78, 5) is 15.8. The van der Waals surface area contributed by atoms with Crippen molar-refractivity contribution in [1.29, 1.82) is 0 Å². The number of rotatable bonds is 6. The molecular formula is C19H18F3NO2. The Bertz CT molecular complexity index is 931. The number of hydrogen-bond donors (Lipinski definition) is 1. The van der Waals surface area contributed by atoms with Crippen molar-refractivity contribution in [2.75, 3.05) is 6.61 Å². The molecule has 3 rings (SSSR count). The molecule has 0 atom stereocenters. The second-order valence-electron chi connectivity index (χ2n) is 5.98. The van der Waals surface area contributed by atoms with Crippen LogP contribution in [0.1, 0.15) is 25.7 Å². The van der Waals surface area contributed by atoms with Gasteiger partial charge in [-0.15, -0.1) is 0 Å². The third kappa shape index (κ3) is 4.32. The van der Waals surface area contributed by atoms with Crippen LogP contribution in [0.2, 0.25) is 0 Å². The Morgan fingerprint density at radius 3 is 2.48 bits per heavy atom. The number of H-pyrrole nitrogens is 1. The van der Waals surface area contributed by atoms with Crippen molar-refractivity contribution in [1.82, 2.24) is 4.98 Å². The lowest BCUT2D eigenvalue weighted by atomic mass is 10.1. The van der Waals surface area contributed by atoms with Crippen molar-refractivity contribution in [2.45, 2.75) is 31.9 Å². The standard InChI is InChI=1S/C19H18F3NO2/c20-19(21,22)10-4-1-5-11-25-13-8-9-17-15(12-13)18(24)14-6-2-3-7-16(14)23-17/h2-3,6-9,12H,1,4-5,10-11H2,(H,23,24). The highest BCUT2D eigenvalue weighted by Gasteiger charge is 2.25. The monoisotopic (exact) mass is 349 g/mol. The minimum atomic E-state index is -4.09. The van der Waals surface area contributed by atoms with E-state index in [1.807, 2.05) is 18.2 Å². The lowest BCUT2D eigenvalue weighted by Gasteiger charge is -2.09. The average molecular weight is 349 g/mol. The van der Waals surface area contributed by atoms with E-state index < -0.39 is 12.6 Å². The Morgan fingerprint density at radius 1 is 0.920 bits per heavy atom. The number of pyridine rings is 1. The van der Waals surface area contributed by atoms with Gasteiger partial charge >= 0.3 is 6.18 Å². The first-order valence-corrected chi connectivity index (χ1v) is 8.18. The van der Waals surface area contributed by atoms with Gasteiger partial charge in [0, 0.05) is 22.7 Å². The van der Waals surface area contributed by atoms with Gasteiger partial charge in [0.05, 0.1) is 12.1 Å². The quantitative estimate of drug-likeness (QED) is 0.492. The maximum absolute atomic E-state index is 12.6. The molecule has 1 aromatic heterocycles. The molecule has 1 heterocycles. The second kappa shape index (κ2) is 7.17. The summed E-state index contributed by atoms with van der Waals surface area (Å²) in [6, 6.07) is 12.5. The number of ether oxygens (including phenoxy) is 1. The first kappa shape index (κ1) is 17.3. The number of para-hydroxylation sites is 1. The van der Waals surface area contributed by atoms with Crippen LogP contribution in [0.15, 0.2) is 47.3 Å². The SMILES string of the molecule is O=c1c2ccccc2[nH]c2ccc(OCCCCCC(F)(F)F)cc12. The molecule has 0 saturated carbocycles. The molecule has 0 saturated heterocycles. The van der Waals surface area contributed by atoms with Crippen LogP contribution in [0.5, 0.6) is 5.75 Å². The fraction of sp³-hybridized carbons (Fsp3) is 0.316. The largest absolute Gasteiger partial charge is 0.494 e. The molecule has 2 aromatic carbocycles. The summed E-state index contributed by atoms with van der Waals surface area (Å²) in [5.74, 6) is 0.545. The number of nitrogens with one attached hydrogen (secondary N) is 1. The van der Waals surface area contributed by atoms with E-state index in [4.69, 9.17) is 4.74 Å². The van der Waals surface area contributed by atoms with Gasteiger partial charge in [0.15, 0.2) is 5.43 Å². The predicted octanol–water partition coefficient (Wildman–Crippen LogP) is 5.18. The van der Waals surface area contributed by atoms with Crippen molar-refractivity contribution in [3.63, 3.8) is 0 Å². The molecule has 132 valence electrons. The molecule has 0 aliphatic carbocycles. The van der Waals surface area contributed by atoms with Crippen LogP contribution in [-0.2, 0) is 0 Å². The fourth-order valence-electron chi connectivity index (χ4n) is 2.78. The van der Waals surface area contributed by atoms with E-state index in [1.165, 1.54) is 0 Å². The summed E-state index contributed by atoms with van der Waals surface area (Å²) in [6.07, 6.45) is -3.74. The van der Waals surface area contributed by atoms with Gasteiger partial charge < -0.3 is 9.72 Å². The van der Waals surface area contributed by atoms with Crippen molar-refractivity contribution >= 4 is 21.8 Å². The molecule has 0 spiro atoms. The Balaban J connectivity index is 1.66. The minimum absolute atomic E-state index is 0.0695. The number of benzene rings is 2. The van der Waals surface area contributed by atoms with E-state index in [0.717, 1.165) is 11.0 Å². The third-order valence-electron chi connectivity index (χ3n) is 4.05. The number of hydrogen-bond acceptors (Lipinski definition) is 2. The summed E-state index contributed by atoms with van der Waals surface area (Å²) < 4.78 is 41.8. The maximum Gasteiger partial charge on any atom is 0.389 e. The van der Waals surface area contributed by atoms with Gasteiger partial charge in [-0.3, -0.25) is 4.79 Å². The Morgan fingerprint density at radius 2 is 1.68 bits per heavy atom. The predicted molar refractivity (Wildman–Crippen MR) is 92.1 cm³/mol. The zero-order valence-corrected chi connectivity index (χ0v) is 13.5. The van der Waals surface area contributed by atoms with Gasteiger partial charge in [-0.1, -0.05) is 12.1 Å². The minimum Gasteiger partial charge on any atom is -0.494 e. The van der Waals surface area contributed by atoms with E-state index in [1.54, 1.807) is 24.3 Å². The van der Waals surface area contributed by atoms with Crippen molar-refractivity contribution in [3.8, 4) is 5.75 Å². The van der Waals surface area contributed by atoms with Crippen LogP contribution in [0.4, 0.5) is 13.2 Å². The number of fused-ring (bicyclic) bond motifs is 2. The summed E-state index contributed by atoms with van der Waals surface area (Å²) in [7, 11) is 0. The highest BCUT2D eigenvalue weighted by atomic mass is 19.4. The molecule has 6 heteroatoms. The summed E-state index contributed by atoms with van der Waals surface area (Å²) in [6.45, 7) is 0.328. The molecule has 0 radical (unpaired) electrons. The fourth-order valence-corrected chi connectivity index (χ4v) is 2.78. The first-order chi connectivity index (χ1) is 11.9. The molecule has 0 amide bonds. The van der Waals surface area contributed by atoms with Gasteiger partial charge in [-0.25, -0.2) is 0 Å². The molecular weight excluding hydrogens is 331 g/mol. The normalized spacial score (nSPS) is 12.0. The number of aromatic amines is 1. The molecule has 1 N–H and O–H groups in total. The van der Waals surface area contributed by atoms with Gasteiger partial charge in [0.2, 0.25) is 0 Å². The molecule has 3 nitrogen and oxygen atoms in total. The number of halogens is 3. The zero-order valence-electron chi connectivity index (χ0n) is 13.5. The number of alkyl halides is 3. The van der Waals surface area contributed by atoms with Crippen molar-refractivity contribution in [2.24, 2.45) is 0 Å². The van der Waals surface area contributed by atoms with Crippen LogP contribution in [0.25, 0.3) is 21.8 Å². The summed E-state index contributed by atoms with van der Waals surface area (Å²) in [5, 5.41) is 1.15. The molecule has 0 aliphatic rings. The summed E-state index contributed by atoms with van der Waals surface area (Å²) >= 11 is 0. The van der Waals surface area contributed by atoms with Gasteiger partial charge in [0.25, 0.3) is 0 Å². The maximum atomic E-state index is 12.6. The van der Waals surface area contributed by atoms with Crippen LogP contribution >= 0.6 is 0 Å². The number of unbranched alkanes of at least 4 members (excludes halogenated alkanes) is 2. The number of aromatic nitrogens is 1. The topological polar surface area (TPSA) is 42.1 Å². The molecule has 0 unspecified atom stereocenters. The van der Waals surface area contributed by atoms with E-state index in [2.05, 4.69) is 4.98 Å². The van der Waals surface area contributed by atoms with Gasteiger partial charge in [-0.05, 0) is 49.6 Å². The zero-order chi connectivity index (χ0) is 17.9. The molecule has 0 aliphatic heterocycles. The Labute approximate surface area is 142 Å². The van der Waals surface area contributed by atoms with E-state index >= 15 is 0 Å². The molecule has 3 aromatic rings. The Hall–Kier alpha value is -2.50. The smallest absolute Gasteiger partial charge is 0.389 e. The second-order valence-corrected chi connectivity index (χ2v) is 5.98. The van der Waals surface area contributed by atoms with Gasteiger partial charge in [-0.2, -0.15) is 13.2 Å². The molecule has 0 bridgehead atoms. The van der Waals surface area contributed by atoms with Gasteiger partial charge in [0.1, 0.15) is 5.75 Å².